The number of nitrogens with one attached hydrogen (secondary N) is 2. The highest BCUT2D eigenvalue weighted by Crippen LogP contribution is 2.17. The number of nitrogens with zero attached hydrogens (tertiary/aromatic N) is 5. The molecule has 0 amide bonds. The third-order valence-corrected chi connectivity index (χ3v) is 5.15. The molecule has 3 heterocycles. The van der Waals surface area contributed by atoms with E-state index in [1.807, 2.05) is 13.8 Å². The number of aliphatic imine (C=N–C) groups is 1. The monoisotopic (exact) mass is 475 g/mol. The predicted octanol–water partition coefficient (Wildman–Crippen LogP) is 2.56. The number of hydrogen-bond donors (Lipinski definition) is 2. The molecule has 0 atom stereocenters. The number of thiazole rings is 1. The van der Waals surface area contributed by atoms with Gasteiger partial charge in [-0.25, -0.2) is 9.98 Å². The van der Waals surface area contributed by atoms with Crippen LogP contribution in [0.5, 0.6) is 0 Å². The van der Waals surface area contributed by atoms with Crippen molar-refractivity contribution in [1.82, 2.24) is 30.4 Å². The normalized spacial score (nSPS) is 14.0. The van der Waals surface area contributed by atoms with Crippen LogP contribution in [0.1, 0.15) is 47.0 Å². The molecule has 2 aromatic rings. The van der Waals surface area contributed by atoms with Crippen LogP contribution in [0.3, 0.4) is 0 Å². The zero-order valence-electron chi connectivity index (χ0n) is 15.0. The first-order chi connectivity index (χ1) is 11.7. The average molecular weight is 475 g/mol. The van der Waals surface area contributed by atoms with E-state index in [9.17, 15) is 0 Å². The third kappa shape index (κ3) is 5.13. The van der Waals surface area contributed by atoms with Gasteiger partial charge in [-0.1, -0.05) is 0 Å². The minimum absolute atomic E-state index is 0. The lowest BCUT2D eigenvalue weighted by Crippen LogP contribution is -2.36. The van der Waals surface area contributed by atoms with E-state index in [1.54, 1.807) is 11.3 Å². The number of rotatable bonds is 5. The van der Waals surface area contributed by atoms with Crippen molar-refractivity contribution in [2.24, 2.45) is 4.99 Å². The highest BCUT2D eigenvalue weighted by molar-refractivity contribution is 14.0. The Bertz CT molecular complexity index is 722. The summed E-state index contributed by atoms with van der Waals surface area (Å²) in [5.74, 6) is 2.85. The molecule has 25 heavy (non-hydrogen) atoms. The molecule has 0 saturated carbocycles. The summed E-state index contributed by atoms with van der Waals surface area (Å²) >= 11 is 1.73. The van der Waals surface area contributed by atoms with Crippen molar-refractivity contribution >= 4 is 41.3 Å². The number of guanidine groups is 1. The fourth-order valence-corrected chi connectivity index (χ4v) is 3.76. The Morgan fingerprint density at radius 1 is 1.24 bits per heavy atom. The molecule has 0 fully saturated rings. The SMILES string of the molecule is CCNC(=NCc1nnc2n1CCCC2)NCc1sc(C)nc1C.I. The summed E-state index contributed by atoms with van der Waals surface area (Å²) in [6.45, 7) is 9.27. The van der Waals surface area contributed by atoms with Crippen LogP contribution in [-0.4, -0.2) is 32.3 Å². The van der Waals surface area contributed by atoms with Gasteiger partial charge in [0.25, 0.3) is 0 Å². The van der Waals surface area contributed by atoms with Gasteiger partial charge in [0, 0.05) is 24.4 Å². The van der Waals surface area contributed by atoms with E-state index in [1.165, 1.54) is 17.7 Å². The molecule has 1 aliphatic heterocycles. The molecule has 0 bridgehead atoms. The smallest absolute Gasteiger partial charge is 0.191 e. The molecule has 0 radical (unpaired) electrons. The van der Waals surface area contributed by atoms with Gasteiger partial charge in [-0.05, 0) is 33.6 Å². The van der Waals surface area contributed by atoms with E-state index in [2.05, 4.69) is 42.3 Å². The van der Waals surface area contributed by atoms with Crippen molar-refractivity contribution in [2.75, 3.05) is 6.54 Å². The number of halogens is 1. The second kappa shape index (κ2) is 9.46. The van der Waals surface area contributed by atoms with Gasteiger partial charge in [0.15, 0.2) is 11.8 Å². The van der Waals surface area contributed by atoms with Crippen LogP contribution in [0.2, 0.25) is 0 Å². The van der Waals surface area contributed by atoms with Gasteiger partial charge in [-0.15, -0.1) is 45.5 Å². The van der Waals surface area contributed by atoms with E-state index >= 15 is 0 Å². The van der Waals surface area contributed by atoms with Gasteiger partial charge >= 0.3 is 0 Å². The Kier molecular flexibility index (Phi) is 7.60. The Balaban J connectivity index is 0.00000225. The maximum atomic E-state index is 4.67. The van der Waals surface area contributed by atoms with Gasteiger partial charge in [0.1, 0.15) is 12.4 Å². The van der Waals surface area contributed by atoms with Gasteiger partial charge in [-0.3, -0.25) is 0 Å². The summed E-state index contributed by atoms with van der Waals surface area (Å²) in [4.78, 5) is 10.4. The Morgan fingerprint density at radius 2 is 2.08 bits per heavy atom. The van der Waals surface area contributed by atoms with Crippen LogP contribution in [0.25, 0.3) is 0 Å². The lowest BCUT2D eigenvalue weighted by molar-refractivity contribution is 0.508. The van der Waals surface area contributed by atoms with Crippen LogP contribution in [0.4, 0.5) is 0 Å². The quantitative estimate of drug-likeness (QED) is 0.395. The fourth-order valence-electron chi connectivity index (χ4n) is 2.88. The Labute approximate surface area is 169 Å². The molecule has 1 aliphatic rings. The van der Waals surface area contributed by atoms with Gasteiger partial charge in [-0.2, -0.15) is 0 Å². The van der Waals surface area contributed by atoms with Crippen LogP contribution in [-0.2, 0) is 26.1 Å². The summed E-state index contributed by atoms with van der Waals surface area (Å²) in [5, 5.41) is 16.4. The maximum absolute atomic E-state index is 4.67. The van der Waals surface area contributed by atoms with E-state index < -0.39 is 0 Å². The van der Waals surface area contributed by atoms with Crippen molar-refractivity contribution < 1.29 is 0 Å². The molecule has 2 N–H and O–H groups in total. The predicted molar refractivity (Wildman–Crippen MR) is 112 cm³/mol. The number of aryl methyl sites for hydroxylation is 3. The first-order valence-corrected chi connectivity index (χ1v) is 9.35. The fraction of sp³-hybridized carbons (Fsp3) is 0.625. The van der Waals surface area contributed by atoms with E-state index in [0.717, 1.165) is 54.4 Å². The topological polar surface area (TPSA) is 80.0 Å². The first kappa shape index (κ1) is 20.1. The zero-order chi connectivity index (χ0) is 16.9. The van der Waals surface area contributed by atoms with Crippen molar-refractivity contribution in [3.05, 3.63) is 27.2 Å². The molecule has 0 unspecified atom stereocenters. The summed E-state index contributed by atoms with van der Waals surface area (Å²) in [7, 11) is 0. The zero-order valence-corrected chi connectivity index (χ0v) is 18.1. The minimum Gasteiger partial charge on any atom is -0.357 e. The lowest BCUT2D eigenvalue weighted by atomic mass is 10.2. The van der Waals surface area contributed by atoms with Gasteiger partial charge < -0.3 is 15.2 Å². The number of aromatic nitrogens is 4. The largest absolute Gasteiger partial charge is 0.357 e. The van der Waals surface area contributed by atoms with E-state index in [4.69, 9.17) is 0 Å². The summed E-state index contributed by atoms with van der Waals surface area (Å²) in [6, 6.07) is 0. The van der Waals surface area contributed by atoms with Crippen molar-refractivity contribution in [3.63, 3.8) is 0 Å². The second-order valence-corrected chi connectivity index (χ2v) is 7.22. The van der Waals surface area contributed by atoms with Crippen LogP contribution < -0.4 is 10.6 Å². The van der Waals surface area contributed by atoms with E-state index in [0.29, 0.717) is 6.54 Å². The highest BCUT2D eigenvalue weighted by Gasteiger charge is 2.15. The molecule has 3 rings (SSSR count). The second-order valence-electron chi connectivity index (χ2n) is 5.93. The molecule has 0 spiro atoms. The van der Waals surface area contributed by atoms with Gasteiger partial charge in [0.2, 0.25) is 0 Å². The van der Waals surface area contributed by atoms with Crippen molar-refractivity contribution in [1.29, 1.82) is 0 Å². The molecule has 0 saturated heterocycles. The van der Waals surface area contributed by atoms with Crippen LogP contribution in [0, 0.1) is 13.8 Å². The van der Waals surface area contributed by atoms with Crippen LogP contribution in [0.15, 0.2) is 4.99 Å². The van der Waals surface area contributed by atoms with Crippen molar-refractivity contribution in [3.8, 4) is 0 Å². The maximum Gasteiger partial charge on any atom is 0.191 e. The van der Waals surface area contributed by atoms with E-state index in [-0.39, 0.29) is 24.0 Å². The lowest BCUT2D eigenvalue weighted by Gasteiger charge is -2.14. The molecule has 0 aliphatic carbocycles. The molecular weight excluding hydrogens is 449 g/mol. The summed E-state index contributed by atoms with van der Waals surface area (Å²) in [5.41, 5.74) is 1.09. The molecular formula is C16H26IN7S. The molecule has 7 nitrogen and oxygen atoms in total. The van der Waals surface area contributed by atoms with Gasteiger partial charge in [0.05, 0.1) is 17.2 Å². The molecule has 9 heteroatoms. The standard InChI is InChI=1S/C16H25N7S.HI/c1-4-17-16(18-9-13-11(2)20-12(3)24-13)19-10-15-22-21-14-7-5-6-8-23(14)15;/h4-10H2,1-3H3,(H2,17,18,19);1H. The number of fused-ring (bicyclic) bond motifs is 1. The third-order valence-electron chi connectivity index (χ3n) is 4.07. The number of hydrogen-bond acceptors (Lipinski definition) is 5. The average Bonchev–Trinajstić information content (AvgIpc) is 3.13. The van der Waals surface area contributed by atoms with Crippen molar-refractivity contribution in [2.45, 2.75) is 59.7 Å². The Hall–Kier alpha value is -1.23. The molecule has 2 aromatic heterocycles. The summed E-state index contributed by atoms with van der Waals surface area (Å²) < 4.78 is 2.22. The first-order valence-electron chi connectivity index (χ1n) is 8.53. The molecule has 138 valence electrons. The molecule has 0 aromatic carbocycles. The van der Waals surface area contributed by atoms with Crippen LogP contribution >= 0.6 is 35.3 Å². The highest BCUT2D eigenvalue weighted by atomic mass is 127. The Morgan fingerprint density at radius 3 is 2.80 bits per heavy atom. The minimum atomic E-state index is 0. The summed E-state index contributed by atoms with van der Waals surface area (Å²) in [6.07, 6.45) is 3.43.